The lowest BCUT2D eigenvalue weighted by Crippen LogP contribution is -2.58. The Kier molecular flexibility index (Phi) is 9.33. The highest BCUT2D eigenvalue weighted by Gasteiger charge is 2.41. The van der Waals surface area contributed by atoms with Crippen LogP contribution in [0.3, 0.4) is 0 Å². The number of rotatable bonds is 7. The first-order valence-corrected chi connectivity index (χ1v) is 13.6. The van der Waals surface area contributed by atoms with Gasteiger partial charge in [-0.25, -0.2) is 4.79 Å². The van der Waals surface area contributed by atoms with Gasteiger partial charge in [0, 0.05) is 17.0 Å². The number of ether oxygens (including phenoxy) is 1. The van der Waals surface area contributed by atoms with Crippen LogP contribution in [0.2, 0.25) is 0 Å². The highest BCUT2D eigenvalue weighted by molar-refractivity contribution is 7.80. The van der Waals surface area contributed by atoms with Crippen LogP contribution in [-0.2, 0) is 14.3 Å². The largest absolute Gasteiger partial charge is 0.444 e. The van der Waals surface area contributed by atoms with E-state index in [4.69, 9.17) is 4.74 Å². The highest BCUT2D eigenvalue weighted by Crippen LogP contribution is 2.32. The van der Waals surface area contributed by atoms with Gasteiger partial charge in [-0.2, -0.15) is 12.6 Å². The van der Waals surface area contributed by atoms with Crippen LogP contribution in [0.25, 0.3) is 10.8 Å². The lowest BCUT2D eigenvalue weighted by molar-refractivity contribution is -0.146. The molecule has 2 unspecified atom stereocenters. The van der Waals surface area contributed by atoms with Gasteiger partial charge in [0.2, 0.25) is 5.91 Å². The average molecular weight is 550 g/mol. The molecule has 0 bridgehead atoms. The van der Waals surface area contributed by atoms with E-state index in [9.17, 15) is 14.4 Å². The molecular formula is C31H39N3O4S. The number of carbonyl (C=O) groups excluding carboxylic acids is 3. The minimum absolute atomic E-state index is 0.0253. The fourth-order valence-corrected chi connectivity index (χ4v) is 4.63. The van der Waals surface area contributed by atoms with E-state index in [0.717, 1.165) is 16.3 Å². The van der Waals surface area contributed by atoms with Crippen molar-refractivity contribution < 1.29 is 19.1 Å². The fourth-order valence-electron chi connectivity index (χ4n) is 4.38. The first kappa shape index (κ1) is 30.0. The quantitative estimate of drug-likeness (QED) is 0.303. The molecule has 3 aromatic carbocycles. The van der Waals surface area contributed by atoms with Crippen molar-refractivity contribution in [3.63, 3.8) is 0 Å². The Morgan fingerprint density at radius 1 is 0.897 bits per heavy atom. The summed E-state index contributed by atoms with van der Waals surface area (Å²) in [6.07, 6.45) is -0.725. The van der Waals surface area contributed by atoms with Crippen molar-refractivity contribution in [2.24, 2.45) is 0 Å². The number of alkyl carbamates (subject to hydrolysis) is 1. The summed E-state index contributed by atoms with van der Waals surface area (Å²) < 4.78 is 5.37. The first-order valence-electron chi connectivity index (χ1n) is 13.0. The summed E-state index contributed by atoms with van der Waals surface area (Å²) in [6.45, 7) is 12.8. The summed E-state index contributed by atoms with van der Waals surface area (Å²) in [6, 6.07) is 19.1. The van der Waals surface area contributed by atoms with Gasteiger partial charge in [0.15, 0.2) is 0 Å². The predicted octanol–water partition coefficient (Wildman–Crippen LogP) is 6.28. The molecule has 0 aliphatic heterocycles. The van der Waals surface area contributed by atoms with Gasteiger partial charge < -0.3 is 20.3 Å². The topological polar surface area (TPSA) is 87.7 Å². The number of aryl methyl sites for hydroxylation is 1. The van der Waals surface area contributed by atoms with Crippen molar-refractivity contribution in [3.05, 3.63) is 77.9 Å². The summed E-state index contributed by atoms with van der Waals surface area (Å²) in [5.74, 6) is -0.782. The highest BCUT2D eigenvalue weighted by atomic mass is 32.1. The standard InChI is InChI=1S/C31H39N3O4S/c1-20-11-10-14-23(17-20)26(27(35)32-24-16-15-21-12-8-9-13-22(21)18-24)34(30(2,3)4)28(36)25(19-39)33-29(37)38-31(5,6)7/h8-18,25-26,39H,19H2,1-7H3,(H,32,35)(H,33,37). The Morgan fingerprint density at radius 3 is 2.15 bits per heavy atom. The molecule has 39 heavy (non-hydrogen) atoms. The van der Waals surface area contributed by atoms with Crippen LogP contribution in [-0.4, -0.2) is 45.7 Å². The molecule has 2 N–H and O–H groups in total. The minimum Gasteiger partial charge on any atom is -0.444 e. The molecule has 2 atom stereocenters. The molecular weight excluding hydrogens is 510 g/mol. The zero-order valence-corrected chi connectivity index (χ0v) is 24.6. The molecule has 0 aliphatic carbocycles. The van der Waals surface area contributed by atoms with E-state index in [-0.39, 0.29) is 11.7 Å². The second-order valence-corrected chi connectivity index (χ2v) is 12.0. The van der Waals surface area contributed by atoms with Crippen LogP contribution in [0.4, 0.5) is 10.5 Å². The van der Waals surface area contributed by atoms with Crippen molar-refractivity contribution in [1.82, 2.24) is 10.2 Å². The van der Waals surface area contributed by atoms with Gasteiger partial charge in [-0.15, -0.1) is 0 Å². The fraction of sp³-hybridized carbons (Fsp3) is 0.387. The van der Waals surface area contributed by atoms with E-state index in [0.29, 0.717) is 11.3 Å². The molecule has 0 aliphatic rings. The molecule has 0 radical (unpaired) electrons. The summed E-state index contributed by atoms with van der Waals surface area (Å²) in [7, 11) is 0. The normalized spacial score (nSPS) is 13.3. The number of anilines is 1. The Labute approximate surface area is 236 Å². The van der Waals surface area contributed by atoms with Crippen molar-refractivity contribution in [2.75, 3.05) is 11.1 Å². The van der Waals surface area contributed by atoms with Crippen molar-refractivity contribution in [2.45, 2.75) is 71.7 Å². The first-order chi connectivity index (χ1) is 18.2. The molecule has 0 saturated heterocycles. The van der Waals surface area contributed by atoms with Crippen molar-refractivity contribution in [1.29, 1.82) is 0 Å². The minimum atomic E-state index is -1.01. The molecule has 0 aromatic heterocycles. The van der Waals surface area contributed by atoms with Crippen LogP contribution in [0.5, 0.6) is 0 Å². The molecule has 208 valence electrons. The Morgan fingerprint density at radius 2 is 1.56 bits per heavy atom. The van der Waals surface area contributed by atoms with E-state index in [2.05, 4.69) is 23.3 Å². The molecule has 7 nitrogen and oxygen atoms in total. The maximum Gasteiger partial charge on any atom is 0.408 e. The monoisotopic (exact) mass is 549 g/mol. The van der Waals surface area contributed by atoms with Crippen LogP contribution >= 0.6 is 12.6 Å². The third-order valence-corrected chi connectivity index (χ3v) is 6.38. The zero-order chi connectivity index (χ0) is 29.0. The zero-order valence-electron chi connectivity index (χ0n) is 23.7. The van der Waals surface area contributed by atoms with Gasteiger partial charge in [-0.1, -0.05) is 60.2 Å². The molecule has 0 fully saturated rings. The second-order valence-electron chi connectivity index (χ2n) is 11.6. The van der Waals surface area contributed by atoms with Gasteiger partial charge in [0.1, 0.15) is 17.7 Å². The van der Waals surface area contributed by atoms with Crippen LogP contribution in [0, 0.1) is 6.92 Å². The Balaban J connectivity index is 2.03. The number of hydrogen-bond donors (Lipinski definition) is 3. The van der Waals surface area contributed by atoms with E-state index in [1.165, 1.54) is 4.90 Å². The van der Waals surface area contributed by atoms with Crippen LogP contribution in [0.15, 0.2) is 66.7 Å². The molecule has 3 amide bonds. The lowest BCUT2D eigenvalue weighted by Gasteiger charge is -2.43. The summed E-state index contributed by atoms with van der Waals surface area (Å²) in [5.41, 5.74) is 0.710. The summed E-state index contributed by atoms with van der Waals surface area (Å²) in [4.78, 5) is 42.2. The van der Waals surface area contributed by atoms with Gasteiger partial charge in [-0.3, -0.25) is 9.59 Å². The molecule has 3 aromatic rings. The summed E-state index contributed by atoms with van der Waals surface area (Å²) in [5, 5.41) is 7.71. The number of thiol groups is 1. The maximum absolute atomic E-state index is 14.1. The third kappa shape index (κ3) is 7.99. The molecule has 0 heterocycles. The lowest BCUT2D eigenvalue weighted by atomic mass is 9.94. The van der Waals surface area contributed by atoms with Crippen molar-refractivity contribution >= 4 is 47.0 Å². The number of carbonyl (C=O) groups is 3. The Hall–Kier alpha value is -3.52. The average Bonchev–Trinajstić information content (AvgIpc) is 2.83. The molecule has 3 rings (SSSR count). The van der Waals surface area contributed by atoms with Gasteiger partial charge in [0.05, 0.1) is 0 Å². The van der Waals surface area contributed by atoms with E-state index in [1.807, 2.05) is 94.4 Å². The SMILES string of the molecule is Cc1cccc(C(C(=O)Nc2ccc3ccccc3c2)N(C(=O)C(CS)NC(=O)OC(C)(C)C)C(C)(C)C)c1. The smallest absolute Gasteiger partial charge is 0.408 e. The second kappa shape index (κ2) is 12.1. The number of fused-ring (bicyclic) bond motifs is 1. The maximum atomic E-state index is 14.1. The van der Waals surface area contributed by atoms with Gasteiger partial charge in [0.25, 0.3) is 5.91 Å². The number of benzene rings is 3. The molecule has 0 saturated carbocycles. The van der Waals surface area contributed by atoms with Crippen molar-refractivity contribution in [3.8, 4) is 0 Å². The summed E-state index contributed by atoms with van der Waals surface area (Å²) >= 11 is 4.35. The Bertz CT molecular complexity index is 1340. The number of nitrogens with zero attached hydrogens (tertiary/aromatic N) is 1. The predicted molar refractivity (Wildman–Crippen MR) is 160 cm³/mol. The van der Waals surface area contributed by atoms with Gasteiger partial charge in [-0.05, 0) is 76.9 Å². The number of hydrogen-bond acceptors (Lipinski definition) is 5. The number of nitrogens with one attached hydrogen (secondary N) is 2. The molecule has 0 spiro atoms. The van der Waals surface area contributed by atoms with E-state index in [1.54, 1.807) is 20.8 Å². The van der Waals surface area contributed by atoms with E-state index < -0.39 is 35.2 Å². The van der Waals surface area contributed by atoms with Gasteiger partial charge >= 0.3 is 6.09 Å². The third-order valence-electron chi connectivity index (χ3n) is 6.01. The number of amides is 3. The van der Waals surface area contributed by atoms with E-state index >= 15 is 0 Å². The van der Waals surface area contributed by atoms with Crippen LogP contribution in [0.1, 0.15) is 58.7 Å². The molecule has 8 heteroatoms. The van der Waals surface area contributed by atoms with Crippen LogP contribution < -0.4 is 10.6 Å².